The lowest BCUT2D eigenvalue weighted by molar-refractivity contribution is 0.660. The zero-order valence-corrected chi connectivity index (χ0v) is 29.7. The molecule has 0 N–H and O–H groups in total. The largest absolute Gasteiger partial charge is 0.455 e. The van der Waals surface area contributed by atoms with Gasteiger partial charge in [0.2, 0.25) is 0 Å². The van der Waals surface area contributed by atoms with E-state index < -0.39 is 0 Å². The Kier molecular flexibility index (Phi) is 6.21. The van der Waals surface area contributed by atoms with E-state index in [4.69, 9.17) is 4.42 Å². The third kappa shape index (κ3) is 4.17. The van der Waals surface area contributed by atoms with E-state index in [0.29, 0.717) is 0 Å². The molecule has 1 aliphatic carbocycles. The number of rotatable bonds is 4. The summed E-state index contributed by atoms with van der Waals surface area (Å²) in [6, 6.07) is 59.9. The second-order valence-corrected chi connectivity index (χ2v) is 15.5. The van der Waals surface area contributed by atoms with Crippen molar-refractivity contribution in [3.05, 3.63) is 175 Å². The fraction of sp³-hybridized carbons (Fsp3) is 0.0612. The highest BCUT2D eigenvalue weighted by atomic mass is 32.1. The molecule has 0 unspecified atom stereocenters. The monoisotopic (exact) mass is 683 g/mol. The smallest absolute Gasteiger partial charge is 0.143 e. The third-order valence-electron chi connectivity index (χ3n) is 11.3. The van der Waals surface area contributed by atoms with Gasteiger partial charge in [0.15, 0.2) is 0 Å². The lowest BCUT2D eigenvalue weighted by Crippen LogP contribution is -2.17. The van der Waals surface area contributed by atoms with E-state index in [-0.39, 0.29) is 5.41 Å². The van der Waals surface area contributed by atoms with Crippen LogP contribution in [0.4, 0.5) is 17.1 Å². The molecule has 1 aliphatic rings. The number of furan rings is 1. The van der Waals surface area contributed by atoms with Gasteiger partial charge in [-0.15, -0.1) is 11.3 Å². The van der Waals surface area contributed by atoms with Crippen LogP contribution < -0.4 is 4.90 Å². The molecule has 0 amide bonds. The van der Waals surface area contributed by atoms with Crippen molar-refractivity contribution in [2.45, 2.75) is 19.3 Å². The maximum atomic E-state index is 6.53. The van der Waals surface area contributed by atoms with Gasteiger partial charge in [0.1, 0.15) is 11.2 Å². The molecule has 2 aromatic heterocycles. The second kappa shape index (κ2) is 10.9. The van der Waals surface area contributed by atoms with E-state index >= 15 is 0 Å². The van der Waals surface area contributed by atoms with Crippen molar-refractivity contribution in [3.8, 4) is 22.3 Å². The molecule has 11 rings (SSSR count). The zero-order valence-electron chi connectivity index (χ0n) is 28.9. The summed E-state index contributed by atoms with van der Waals surface area (Å²) in [4.78, 5) is 2.50. The van der Waals surface area contributed by atoms with Gasteiger partial charge in [0.25, 0.3) is 0 Å². The molecule has 2 nitrogen and oxygen atoms in total. The number of fused-ring (bicyclic) bond motifs is 11. The average Bonchev–Trinajstić information content (AvgIpc) is 3.83. The standard InChI is InChI=1S/C49H33NOS/c1-49(2)41-18-8-5-15-35(41)36-26-24-32(29-42(36)49)50(44-20-11-17-39-37-16-7-10-21-46(37)52-48(39)44)43-19-9-6-13-33(43)31-23-27-45-40(28-31)38-25-22-30-12-3-4-14-34(30)47(38)51-45/h3-29H,1-2H3. The highest BCUT2D eigenvalue weighted by molar-refractivity contribution is 7.26. The first-order chi connectivity index (χ1) is 25.5. The fourth-order valence-corrected chi connectivity index (χ4v) is 9.94. The van der Waals surface area contributed by atoms with Crippen molar-refractivity contribution in [3.63, 3.8) is 0 Å². The van der Waals surface area contributed by atoms with Crippen molar-refractivity contribution < 1.29 is 4.42 Å². The predicted octanol–water partition coefficient (Wildman–Crippen LogP) is 14.6. The molecular weight excluding hydrogens is 651 g/mol. The molecule has 0 spiro atoms. The van der Waals surface area contributed by atoms with Crippen LogP contribution in [0.2, 0.25) is 0 Å². The van der Waals surface area contributed by atoms with E-state index in [9.17, 15) is 0 Å². The lowest BCUT2D eigenvalue weighted by Gasteiger charge is -2.30. The molecule has 0 fully saturated rings. The molecule has 0 aliphatic heterocycles. The Morgan fingerprint density at radius 1 is 0.500 bits per heavy atom. The Balaban J connectivity index is 1.16. The summed E-state index contributed by atoms with van der Waals surface area (Å²) in [7, 11) is 0. The molecule has 8 aromatic carbocycles. The first kappa shape index (κ1) is 29.6. The van der Waals surface area contributed by atoms with Gasteiger partial charge in [-0.3, -0.25) is 0 Å². The van der Waals surface area contributed by atoms with Crippen LogP contribution in [-0.2, 0) is 5.41 Å². The van der Waals surface area contributed by atoms with E-state index in [1.165, 1.54) is 59.1 Å². The summed E-state index contributed by atoms with van der Waals surface area (Å²) >= 11 is 1.87. The Bertz CT molecular complexity index is 3070. The number of anilines is 3. The molecule has 0 radical (unpaired) electrons. The number of hydrogen-bond donors (Lipinski definition) is 0. The van der Waals surface area contributed by atoms with Crippen molar-refractivity contribution in [1.29, 1.82) is 0 Å². The number of benzene rings is 8. The van der Waals surface area contributed by atoms with Gasteiger partial charge in [0, 0.05) is 48.3 Å². The van der Waals surface area contributed by atoms with Gasteiger partial charge in [-0.2, -0.15) is 0 Å². The number of hydrogen-bond acceptors (Lipinski definition) is 3. The molecule has 0 atom stereocenters. The topological polar surface area (TPSA) is 16.4 Å². The van der Waals surface area contributed by atoms with Crippen molar-refractivity contribution in [2.75, 3.05) is 4.90 Å². The van der Waals surface area contributed by atoms with Gasteiger partial charge in [-0.05, 0) is 81.7 Å². The molecule has 246 valence electrons. The summed E-state index contributed by atoms with van der Waals surface area (Å²) in [5, 5.41) is 7.18. The molecule has 0 saturated heterocycles. The van der Waals surface area contributed by atoms with E-state index in [1.807, 2.05) is 11.3 Å². The van der Waals surface area contributed by atoms with Crippen LogP contribution in [0.3, 0.4) is 0 Å². The van der Waals surface area contributed by atoms with Gasteiger partial charge in [-0.25, -0.2) is 0 Å². The Hall–Kier alpha value is -6.16. The van der Waals surface area contributed by atoms with Gasteiger partial charge in [0.05, 0.1) is 16.1 Å². The quantitative estimate of drug-likeness (QED) is 0.184. The van der Waals surface area contributed by atoms with E-state index in [1.54, 1.807) is 0 Å². The molecule has 0 saturated carbocycles. The molecule has 2 heterocycles. The number of nitrogens with zero attached hydrogens (tertiary/aromatic N) is 1. The third-order valence-corrected chi connectivity index (χ3v) is 12.5. The average molecular weight is 684 g/mol. The molecule has 52 heavy (non-hydrogen) atoms. The lowest BCUT2D eigenvalue weighted by atomic mass is 9.82. The number of thiophene rings is 1. The summed E-state index contributed by atoms with van der Waals surface area (Å²) in [6.45, 7) is 4.72. The van der Waals surface area contributed by atoms with Crippen molar-refractivity contribution >= 4 is 81.3 Å². The Labute approximate surface area is 305 Å². The van der Waals surface area contributed by atoms with Crippen LogP contribution in [0.15, 0.2) is 168 Å². The molecule has 10 aromatic rings. The minimum Gasteiger partial charge on any atom is -0.455 e. The van der Waals surface area contributed by atoms with Gasteiger partial charge >= 0.3 is 0 Å². The van der Waals surface area contributed by atoms with Crippen LogP contribution in [0.25, 0.3) is 75.1 Å². The highest BCUT2D eigenvalue weighted by Gasteiger charge is 2.36. The summed E-state index contributed by atoms with van der Waals surface area (Å²) in [5.41, 5.74) is 12.9. The minimum absolute atomic E-state index is 0.117. The fourth-order valence-electron chi connectivity index (χ4n) is 8.73. The van der Waals surface area contributed by atoms with E-state index in [2.05, 4.69) is 183 Å². The molecular formula is C49H33NOS. The van der Waals surface area contributed by atoms with Crippen LogP contribution in [0, 0.1) is 0 Å². The van der Waals surface area contributed by atoms with Gasteiger partial charge < -0.3 is 9.32 Å². The first-order valence-electron chi connectivity index (χ1n) is 17.9. The summed E-state index contributed by atoms with van der Waals surface area (Å²) < 4.78 is 9.11. The minimum atomic E-state index is -0.117. The summed E-state index contributed by atoms with van der Waals surface area (Å²) in [5.74, 6) is 0. The van der Waals surface area contributed by atoms with Crippen LogP contribution >= 0.6 is 11.3 Å². The highest BCUT2D eigenvalue weighted by Crippen LogP contribution is 2.53. The molecule has 3 heteroatoms. The Morgan fingerprint density at radius 2 is 1.23 bits per heavy atom. The van der Waals surface area contributed by atoms with Crippen LogP contribution in [-0.4, -0.2) is 0 Å². The zero-order chi connectivity index (χ0) is 34.6. The van der Waals surface area contributed by atoms with Crippen molar-refractivity contribution in [2.24, 2.45) is 0 Å². The molecule has 0 bridgehead atoms. The van der Waals surface area contributed by atoms with Crippen molar-refractivity contribution in [1.82, 2.24) is 0 Å². The first-order valence-corrected chi connectivity index (χ1v) is 18.7. The Morgan fingerprint density at radius 3 is 2.15 bits per heavy atom. The predicted molar refractivity (Wildman–Crippen MR) is 222 cm³/mol. The van der Waals surface area contributed by atoms with E-state index in [0.717, 1.165) is 44.3 Å². The van der Waals surface area contributed by atoms with Gasteiger partial charge in [-0.1, -0.05) is 129 Å². The SMILES string of the molecule is CC1(C)c2ccccc2-c2ccc(N(c3ccccc3-c3ccc4oc5c6ccccc6ccc5c4c3)c3cccc4c3sc3ccccc34)cc21. The summed E-state index contributed by atoms with van der Waals surface area (Å²) in [6.07, 6.45) is 0. The maximum absolute atomic E-state index is 6.53. The normalized spacial score (nSPS) is 13.3. The maximum Gasteiger partial charge on any atom is 0.143 e. The number of para-hydroxylation sites is 1. The second-order valence-electron chi connectivity index (χ2n) is 14.5. The van der Waals surface area contributed by atoms with Crippen LogP contribution in [0.5, 0.6) is 0 Å². The van der Waals surface area contributed by atoms with Crippen LogP contribution in [0.1, 0.15) is 25.0 Å².